The van der Waals surface area contributed by atoms with Gasteiger partial charge in [-0.3, -0.25) is 9.79 Å². The molecule has 1 aromatic rings. The molecule has 0 aromatic carbocycles. The summed E-state index contributed by atoms with van der Waals surface area (Å²) >= 11 is 0. The molecular weight excluding hydrogens is 168 g/mol. The van der Waals surface area contributed by atoms with Crippen LogP contribution < -0.4 is 16.1 Å². The predicted molar refractivity (Wildman–Crippen MR) is 51.1 cm³/mol. The van der Waals surface area contributed by atoms with Gasteiger partial charge in [-0.1, -0.05) is 0 Å². The standard InChI is InChI=1S/C8H10N4O/c1-9-7-6-5(13)2-3-10-8(6)12-4-11-7/h2-3H,4H2,1H3,(H,9,11)(H2,10,12,13). The van der Waals surface area contributed by atoms with Gasteiger partial charge in [-0.25, -0.2) is 0 Å². The van der Waals surface area contributed by atoms with Gasteiger partial charge >= 0.3 is 0 Å². The van der Waals surface area contributed by atoms with Crippen molar-refractivity contribution in [2.24, 2.45) is 4.99 Å². The van der Waals surface area contributed by atoms with Crippen molar-refractivity contribution in [2.75, 3.05) is 19.0 Å². The van der Waals surface area contributed by atoms with Crippen molar-refractivity contribution in [1.82, 2.24) is 10.3 Å². The van der Waals surface area contributed by atoms with E-state index in [2.05, 4.69) is 20.6 Å². The van der Waals surface area contributed by atoms with Crippen LogP contribution in [0.3, 0.4) is 0 Å². The van der Waals surface area contributed by atoms with Crippen LogP contribution in [0.15, 0.2) is 22.1 Å². The number of nitrogens with one attached hydrogen (secondary N) is 3. The fourth-order valence-corrected chi connectivity index (χ4v) is 1.35. The molecule has 0 spiro atoms. The summed E-state index contributed by atoms with van der Waals surface area (Å²) in [6, 6.07) is 1.48. The van der Waals surface area contributed by atoms with Gasteiger partial charge in [-0.05, 0) is 0 Å². The molecule has 5 nitrogen and oxygen atoms in total. The summed E-state index contributed by atoms with van der Waals surface area (Å²) in [6.07, 6.45) is 1.62. The molecule has 1 aliphatic rings. The Labute approximate surface area is 74.9 Å². The Morgan fingerprint density at radius 1 is 1.46 bits per heavy atom. The summed E-state index contributed by atoms with van der Waals surface area (Å²) in [5.41, 5.74) is 0.547. The van der Waals surface area contributed by atoms with Crippen LogP contribution in [0.1, 0.15) is 5.56 Å². The molecule has 0 saturated carbocycles. The largest absolute Gasteiger partial charge is 0.354 e. The third-order valence-electron chi connectivity index (χ3n) is 1.94. The summed E-state index contributed by atoms with van der Waals surface area (Å²) in [4.78, 5) is 18.4. The van der Waals surface area contributed by atoms with Crippen molar-refractivity contribution in [3.8, 4) is 0 Å². The average Bonchev–Trinajstić information content (AvgIpc) is 2.17. The van der Waals surface area contributed by atoms with Gasteiger partial charge in [0, 0.05) is 19.3 Å². The topological polar surface area (TPSA) is 69.3 Å². The van der Waals surface area contributed by atoms with E-state index in [1.54, 1.807) is 13.2 Å². The molecule has 0 unspecified atom stereocenters. The van der Waals surface area contributed by atoms with E-state index < -0.39 is 0 Å². The lowest BCUT2D eigenvalue weighted by Crippen LogP contribution is -2.39. The van der Waals surface area contributed by atoms with Gasteiger partial charge in [0.05, 0.1) is 6.67 Å². The Balaban J connectivity index is 2.67. The average molecular weight is 178 g/mol. The van der Waals surface area contributed by atoms with E-state index in [0.717, 1.165) is 5.82 Å². The number of hydrogen-bond donors (Lipinski definition) is 3. The van der Waals surface area contributed by atoms with E-state index in [1.807, 2.05) is 0 Å². The maximum absolute atomic E-state index is 11.5. The molecule has 0 saturated heterocycles. The van der Waals surface area contributed by atoms with Crippen molar-refractivity contribution in [3.05, 3.63) is 28.0 Å². The SMILES string of the molecule is CN=C1NCNc2[nH]ccc(=O)c21. The minimum absolute atomic E-state index is 0.0333. The van der Waals surface area contributed by atoms with Gasteiger partial charge in [-0.2, -0.15) is 0 Å². The molecule has 1 aromatic heterocycles. The van der Waals surface area contributed by atoms with Crippen LogP contribution in [0.4, 0.5) is 5.82 Å². The molecule has 3 N–H and O–H groups in total. The molecule has 0 bridgehead atoms. The van der Waals surface area contributed by atoms with E-state index >= 15 is 0 Å². The number of aliphatic imine (C=N–C) groups is 1. The second kappa shape index (κ2) is 2.93. The van der Waals surface area contributed by atoms with E-state index in [-0.39, 0.29) is 5.43 Å². The number of fused-ring (bicyclic) bond motifs is 1. The third kappa shape index (κ3) is 1.18. The zero-order chi connectivity index (χ0) is 9.26. The second-order valence-electron chi connectivity index (χ2n) is 2.69. The summed E-state index contributed by atoms with van der Waals surface area (Å²) in [6.45, 7) is 0.583. The first-order valence-corrected chi connectivity index (χ1v) is 3.99. The molecule has 68 valence electrons. The number of pyridine rings is 1. The number of hydrogen-bond acceptors (Lipinski definition) is 3. The highest BCUT2D eigenvalue weighted by atomic mass is 16.1. The molecule has 5 heteroatoms. The number of amidine groups is 1. The summed E-state index contributed by atoms with van der Waals surface area (Å²) in [5, 5.41) is 6.00. The molecule has 0 aliphatic carbocycles. The van der Waals surface area contributed by atoms with Crippen molar-refractivity contribution >= 4 is 11.7 Å². The minimum Gasteiger partial charge on any atom is -0.354 e. The smallest absolute Gasteiger partial charge is 0.194 e. The first-order valence-electron chi connectivity index (χ1n) is 3.99. The van der Waals surface area contributed by atoms with Crippen LogP contribution in [0.2, 0.25) is 0 Å². The third-order valence-corrected chi connectivity index (χ3v) is 1.94. The summed E-state index contributed by atoms with van der Waals surface area (Å²) < 4.78 is 0. The molecule has 0 fully saturated rings. The molecule has 2 heterocycles. The highest BCUT2D eigenvalue weighted by molar-refractivity contribution is 6.03. The highest BCUT2D eigenvalue weighted by Crippen LogP contribution is 2.09. The van der Waals surface area contributed by atoms with Crippen molar-refractivity contribution in [3.63, 3.8) is 0 Å². The number of H-pyrrole nitrogens is 1. The first kappa shape index (κ1) is 7.85. The van der Waals surface area contributed by atoms with Crippen molar-refractivity contribution < 1.29 is 0 Å². The Kier molecular flexibility index (Phi) is 1.77. The lowest BCUT2D eigenvalue weighted by Gasteiger charge is -2.19. The van der Waals surface area contributed by atoms with Gasteiger partial charge in [0.25, 0.3) is 0 Å². The summed E-state index contributed by atoms with van der Waals surface area (Å²) in [7, 11) is 1.66. The van der Waals surface area contributed by atoms with Crippen LogP contribution in [0.5, 0.6) is 0 Å². The van der Waals surface area contributed by atoms with Crippen LogP contribution >= 0.6 is 0 Å². The Hall–Kier alpha value is -1.78. The van der Waals surface area contributed by atoms with E-state index in [4.69, 9.17) is 0 Å². The highest BCUT2D eigenvalue weighted by Gasteiger charge is 2.16. The van der Waals surface area contributed by atoms with Gasteiger partial charge in [0.15, 0.2) is 5.43 Å². The minimum atomic E-state index is -0.0333. The Morgan fingerprint density at radius 2 is 2.31 bits per heavy atom. The van der Waals surface area contributed by atoms with Crippen molar-refractivity contribution in [2.45, 2.75) is 0 Å². The van der Waals surface area contributed by atoms with Gasteiger partial charge in [-0.15, -0.1) is 0 Å². The zero-order valence-corrected chi connectivity index (χ0v) is 7.22. The number of anilines is 1. The summed E-state index contributed by atoms with van der Waals surface area (Å²) in [5.74, 6) is 1.36. The number of aromatic nitrogens is 1. The monoisotopic (exact) mass is 178 g/mol. The fourth-order valence-electron chi connectivity index (χ4n) is 1.35. The molecule has 13 heavy (non-hydrogen) atoms. The molecule has 1 aliphatic heterocycles. The Bertz CT molecular complexity index is 407. The van der Waals surface area contributed by atoms with Gasteiger partial charge in [0.2, 0.25) is 0 Å². The lowest BCUT2D eigenvalue weighted by atomic mass is 10.2. The van der Waals surface area contributed by atoms with Crippen molar-refractivity contribution in [1.29, 1.82) is 0 Å². The fraction of sp³-hybridized carbons (Fsp3) is 0.250. The van der Waals surface area contributed by atoms with Gasteiger partial charge < -0.3 is 15.6 Å². The Morgan fingerprint density at radius 3 is 3.08 bits per heavy atom. The van der Waals surface area contributed by atoms with E-state index in [0.29, 0.717) is 18.1 Å². The van der Waals surface area contributed by atoms with E-state index in [1.165, 1.54) is 6.07 Å². The van der Waals surface area contributed by atoms with Gasteiger partial charge in [0.1, 0.15) is 17.2 Å². The number of nitrogens with zero attached hydrogens (tertiary/aromatic N) is 1. The van der Waals surface area contributed by atoms with Crippen LogP contribution in [0, 0.1) is 0 Å². The van der Waals surface area contributed by atoms with E-state index in [9.17, 15) is 4.79 Å². The lowest BCUT2D eigenvalue weighted by molar-refractivity contribution is 0.932. The maximum Gasteiger partial charge on any atom is 0.194 e. The quantitative estimate of drug-likeness (QED) is 0.512. The molecule has 0 amide bonds. The number of aromatic amines is 1. The zero-order valence-electron chi connectivity index (χ0n) is 7.22. The second-order valence-corrected chi connectivity index (χ2v) is 2.69. The molecule has 2 rings (SSSR count). The predicted octanol–water partition coefficient (Wildman–Crippen LogP) is -0.276. The first-order chi connectivity index (χ1) is 6.33. The maximum atomic E-state index is 11.5. The molecule has 0 radical (unpaired) electrons. The molecular formula is C8H10N4O. The normalized spacial score (nSPS) is 17.5. The van der Waals surface area contributed by atoms with Crippen LogP contribution in [-0.2, 0) is 0 Å². The number of rotatable bonds is 0. The molecule has 0 atom stereocenters. The van der Waals surface area contributed by atoms with Crippen LogP contribution in [0.25, 0.3) is 0 Å². The van der Waals surface area contributed by atoms with Crippen LogP contribution in [-0.4, -0.2) is 24.5 Å².